The Morgan fingerprint density at radius 2 is 1.29 bits per heavy atom. The molecule has 0 unspecified atom stereocenters. The van der Waals surface area contributed by atoms with Crippen molar-refractivity contribution >= 4 is 56.7 Å². The van der Waals surface area contributed by atoms with Gasteiger partial charge in [0.15, 0.2) is 0 Å². The molecule has 173 valence electrons. The molecule has 4 nitrogen and oxygen atoms in total. The fourth-order valence-corrected chi connectivity index (χ4v) is 4.56. The summed E-state index contributed by atoms with van der Waals surface area (Å²) < 4.78 is 14.5. The van der Waals surface area contributed by atoms with Gasteiger partial charge < -0.3 is 18.7 Å². The van der Waals surface area contributed by atoms with Gasteiger partial charge in [-0.3, -0.25) is 0 Å². The number of aromatic nitrogens is 1. The van der Waals surface area contributed by atoms with Gasteiger partial charge in [-0.25, -0.2) is 0 Å². The first-order valence-corrected chi connectivity index (χ1v) is 11.9. The second-order valence-corrected chi connectivity index (χ2v) is 10.2. The maximum Gasteiger partial charge on any atom is 0.330 e. The van der Waals surface area contributed by atoms with Crippen LogP contribution in [-0.4, -0.2) is 28.4 Å². The van der Waals surface area contributed by atoms with E-state index < -0.39 is 11.2 Å². The molecule has 0 aliphatic carbocycles. The van der Waals surface area contributed by atoms with E-state index in [9.17, 15) is 5.11 Å². The van der Waals surface area contributed by atoms with E-state index in [2.05, 4.69) is 71.3 Å². The number of aliphatic hydroxyl groups is 1. The predicted octanol–water partition coefficient (Wildman–Crippen LogP) is 6.49. The van der Waals surface area contributed by atoms with Crippen LogP contribution >= 0.6 is 0 Å². The van der Waals surface area contributed by atoms with E-state index in [4.69, 9.17) is 9.07 Å². The van der Waals surface area contributed by atoms with Crippen LogP contribution in [0.15, 0.2) is 89.3 Å². The zero-order chi connectivity index (χ0) is 24.4. The molecule has 1 N–H and O–H groups in total. The molecule has 0 fully saturated rings. The van der Waals surface area contributed by atoms with Gasteiger partial charge in [0.05, 0.1) is 22.2 Å². The van der Waals surface area contributed by atoms with E-state index >= 15 is 0 Å². The minimum Gasteiger partial charge on any atom is -0.456 e. The summed E-state index contributed by atoms with van der Waals surface area (Å²) in [5, 5.41) is 15.0. The molecule has 0 aliphatic heterocycles. The molecular formula is C30H27BNO3. The van der Waals surface area contributed by atoms with E-state index in [1.807, 2.05) is 32.0 Å². The van der Waals surface area contributed by atoms with Crippen molar-refractivity contribution in [3.63, 3.8) is 0 Å². The molecule has 0 amide bonds. The Kier molecular flexibility index (Phi) is 4.86. The third kappa shape index (κ3) is 3.54. The van der Waals surface area contributed by atoms with Gasteiger partial charge in [-0.05, 0) is 64.1 Å². The Bertz CT molecular complexity index is 1670. The Morgan fingerprint density at radius 1 is 0.714 bits per heavy atom. The quantitative estimate of drug-likeness (QED) is 0.299. The van der Waals surface area contributed by atoms with Crippen molar-refractivity contribution in [1.29, 1.82) is 0 Å². The summed E-state index contributed by atoms with van der Waals surface area (Å²) in [4.78, 5) is 0. The molecule has 0 bridgehead atoms. The summed E-state index contributed by atoms with van der Waals surface area (Å²) >= 11 is 0. The van der Waals surface area contributed by atoms with Gasteiger partial charge in [0, 0.05) is 27.2 Å². The van der Waals surface area contributed by atoms with E-state index in [0.717, 1.165) is 33.1 Å². The van der Waals surface area contributed by atoms with Crippen LogP contribution in [0.25, 0.3) is 49.4 Å². The SMILES string of the molecule is CC(C)(O)C(C)(C)O[B]c1ccc2oc3ccc(-n4c5ccccc5c5ccccc54)cc3c2c1. The standard InChI is InChI=1S/C30H27BNO3/c1-29(2,33)30(3,4)35-31-19-13-15-27-23(17-19)24-18-20(14-16-28(24)34-27)32-25-11-7-5-9-21(25)22-10-6-8-12-26(22)32/h5-18,33H,1-4H3. The molecule has 4 aromatic carbocycles. The van der Waals surface area contributed by atoms with Crippen LogP contribution in [0, 0.1) is 0 Å². The monoisotopic (exact) mass is 460 g/mol. The Morgan fingerprint density at radius 3 is 1.91 bits per heavy atom. The lowest BCUT2D eigenvalue weighted by molar-refractivity contribution is -0.0893. The molecule has 2 aromatic heterocycles. The Hall–Kier alpha value is -3.54. The van der Waals surface area contributed by atoms with Crippen LogP contribution in [0.1, 0.15) is 27.7 Å². The number of para-hydroxylation sites is 2. The van der Waals surface area contributed by atoms with Crippen molar-refractivity contribution in [3.05, 3.63) is 84.9 Å². The molecule has 35 heavy (non-hydrogen) atoms. The van der Waals surface area contributed by atoms with Crippen molar-refractivity contribution in [3.8, 4) is 5.69 Å². The summed E-state index contributed by atoms with van der Waals surface area (Å²) in [6, 6.07) is 29.4. The summed E-state index contributed by atoms with van der Waals surface area (Å²) in [6.07, 6.45) is 0. The second-order valence-electron chi connectivity index (χ2n) is 10.2. The summed E-state index contributed by atoms with van der Waals surface area (Å²) in [7, 11) is 1.72. The molecule has 1 radical (unpaired) electrons. The normalized spacial score (nSPS) is 12.8. The fourth-order valence-electron chi connectivity index (χ4n) is 4.56. The first-order chi connectivity index (χ1) is 16.7. The number of hydrogen-bond acceptors (Lipinski definition) is 3. The topological polar surface area (TPSA) is 47.5 Å². The van der Waals surface area contributed by atoms with Gasteiger partial charge >= 0.3 is 7.48 Å². The number of rotatable bonds is 5. The van der Waals surface area contributed by atoms with E-state index in [1.54, 1.807) is 21.3 Å². The molecule has 0 atom stereocenters. The largest absolute Gasteiger partial charge is 0.456 e. The number of nitrogens with zero attached hydrogens (tertiary/aromatic N) is 1. The molecule has 2 heterocycles. The van der Waals surface area contributed by atoms with Gasteiger partial charge in [0.25, 0.3) is 0 Å². The summed E-state index contributed by atoms with van der Waals surface area (Å²) in [5.41, 5.74) is 4.33. The Balaban J connectivity index is 1.48. The van der Waals surface area contributed by atoms with Crippen molar-refractivity contribution < 1.29 is 14.2 Å². The van der Waals surface area contributed by atoms with Crippen molar-refractivity contribution in [2.75, 3.05) is 0 Å². The Labute approximate surface area is 205 Å². The van der Waals surface area contributed by atoms with Crippen molar-refractivity contribution in [2.45, 2.75) is 38.9 Å². The molecule has 6 aromatic rings. The number of benzene rings is 4. The average Bonchev–Trinajstić information content (AvgIpc) is 3.37. The van der Waals surface area contributed by atoms with Gasteiger partial charge in [-0.15, -0.1) is 0 Å². The highest BCUT2D eigenvalue weighted by Crippen LogP contribution is 2.35. The highest BCUT2D eigenvalue weighted by molar-refractivity contribution is 6.47. The van der Waals surface area contributed by atoms with Gasteiger partial charge in [0.2, 0.25) is 0 Å². The first-order valence-electron chi connectivity index (χ1n) is 11.9. The van der Waals surface area contributed by atoms with Crippen LogP contribution in [-0.2, 0) is 4.65 Å². The summed E-state index contributed by atoms with van der Waals surface area (Å²) in [6.45, 7) is 7.27. The van der Waals surface area contributed by atoms with E-state index in [0.29, 0.717) is 0 Å². The van der Waals surface area contributed by atoms with Crippen molar-refractivity contribution in [2.24, 2.45) is 0 Å². The third-order valence-electron chi connectivity index (χ3n) is 7.28. The first kappa shape index (κ1) is 22.0. The predicted molar refractivity (Wildman–Crippen MR) is 145 cm³/mol. The number of furan rings is 1. The molecule has 0 saturated heterocycles. The molecule has 5 heteroatoms. The zero-order valence-corrected chi connectivity index (χ0v) is 20.4. The third-order valence-corrected chi connectivity index (χ3v) is 7.28. The highest BCUT2D eigenvalue weighted by atomic mass is 16.5. The van der Waals surface area contributed by atoms with Crippen LogP contribution in [0.2, 0.25) is 0 Å². The second kappa shape index (κ2) is 7.74. The molecule has 0 saturated carbocycles. The van der Waals surface area contributed by atoms with Crippen LogP contribution in [0.4, 0.5) is 0 Å². The lowest BCUT2D eigenvalue weighted by atomic mass is 9.82. The van der Waals surface area contributed by atoms with Gasteiger partial charge in [-0.2, -0.15) is 0 Å². The fraction of sp³-hybridized carbons (Fsp3) is 0.200. The van der Waals surface area contributed by atoms with E-state index in [-0.39, 0.29) is 0 Å². The van der Waals surface area contributed by atoms with Crippen LogP contribution in [0.3, 0.4) is 0 Å². The molecule has 0 spiro atoms. The molecule has 6 rings (SSSR count). The average molecular weight is 460 g/mol. The number of fused-ring (bicyclic) bond motifs is 6. The van der Waals surface area contributed by atoms with Gasteiger partial charge in [0.1, 0.15) is 11.2 Å². The van der Waals surface area contributed by atoms with Crippen molar-refractivity contribution in [1.82, 2.24) is 4.57 Å². The van der Waals surface area contributed by atoms with Crippen LogP contribution in [0.5, 0.6) is 0 Å². The van der Waals surface area contributed by atoms with Gasteiger partial charge in [-0.1, -0.05) is 54.0 Å². The maximum absolute atomic E-state index is 10.4. The van der Waals surface area contributed by atoms with E-state index in [1.165, 1.54) is 21.8 Å². The lowest BCUT2D eigenvalue weighted by Crippen LogP contribution is -2.49. The highest BCUT2D eigenvalue weighted by Gasteiger charge is 2.35. The number of hydrogen-bond donors (Lipinski definition) is 1. The smallest absolute Gasteiger partial charge is 0.330 e. The van der Waals surface area contributed by atoms with Crippen LogP contribution < -0.4 is 5.46 Å². The molecular weight excluding hydrogens is 433 g/mol. The minimum absolute atomic E-state index is 0.732. The maximum atomic E-state index is 10.4. The zero-order valence-electron chi connectivity index (χ0n) is 20.4. The summed E-state index contributed by atoms with van der Waals surface area (Å²) in [5.74, 6) is 0. The molecule has 0 aliphatic rings. The lowest BCUT2D eigenvalue weighted by Gasteiger charge is -2.37. The minimum atomic E-state index is -0.979.